The van der Waals surface area contributed by atoms with Gasteiger partial charge in [0.05, 0.1) is 5.54 Å². The number of hydrogen-bond donors (Lipinski definition) is 2. The number of amides is 2. The Morgan fingerprint density at radius 1 is 1.16 bits per heavy atom. The minimum Gasteiger partial charge on any atom is -0.336 e. The molecule has 1 heterocycles. The molecule has 1 saturated heterocycles. The van der Waals surface area contributed by atoms with Gasteiger partial charge >= 0.3 is 6.03 Å². The molecule has 136 valence electrons. The van der Waals surface area contributed by atoms with E-state index in [9.17, 15) is 4.79 Å². The zero-order valence-corrected chi connectivity index (χ0v) is 15.4. The molecule has 0 unspecified atom stereocenters. The third kappa shape index (κ3) is 2.95. The molecule has 0 aromatic heterocycles. The van der Waals surface area contributed by atoms with E-state index in [1.807, 2.05) is 0 Å². The zero-order chi connectivity index (χ0) is 17.3. The Hall–Kier alpha value is -1.55. The van der Waals surface area contributed by atoms with E-state index in [1.165, 1.54) is 24.8 Å². The third-order valence-electron chi connectivity index (χ3n) is 6.93. The van der Waals surface area contributed by atoms with Gasteiger partial charge in [0.1, 0.15) is 0 Å². The lowest BCUT2D eigenvalue weighted by Gasteiger charge is -2.49. The number of hydrogen-bond acceptors (Lipinski definition) is 2. The fraction of sp³-hybridized carbons (Fsp3) is 0.667. The summed E-state index contributed by atoms with van der Waals surface area (Å²) in [7, 11) is 0. The predicted octanol–water partition coefficient (Wildman–Crippen LogP) is 3.63. The second-order valence-electron chi connectivity index (χ2n) is 8.27. The topological polar surface area (TPSA) is 44.4 Å². The van der Waals surface area contributed by atoms with E-state index in [2.05, 4.69) is 52.8 Å². The maximum absolute atomic E-state index is 12.5. The molecule has 0 bridgehead atoms. The summed E-state index contributed by atoms with van der Waals surface area (Å²) in [5, 5.41) is 6.94. The molecule has 3 fully saturated rings. The number of nitrogens with one attached hydrogen (secondary N) is 2. The van der Waals surface area contributed by atoms with Crippen LogP contribution in [0.1, 0.15) is 57.4 Å². The summed E-state index contributed by atoms with van der Waals surface area (Å²) in [6.45, 7) is 4.96. The largest absolute Gasteiger partial charge is 0.336 e. The van der Waals surface area contributed by atoms with Crippen molar-refractivity contribution in [2.75, 3.05) is 19.6 Å². The Morgan fingerprint density at radius 2 is 1.88 bits per heavy atom. The maximum Gasteiger partial charge on any atom is 0.318 e. The lowest BCUT2D eigenvalue weighted by molar-refractivity contribution is 0.0574. The highest BCUT2D eigenvalue weighted by Gasteiger charge is 2.51. The van der Waals surface area contributed by atoms with Gasteiger partial charge in [-0.25, -0.2) is 4.79 Å². The van der Waals surface area contributed by atoms with Crippen molar-refractivity contribution in [2.45, 2.75) is 62.9 Å². The predicted molar refractivity (Wildman–Crippen MR) is 100 cm³/mol. The van der Waals surface area contributed by atoms with Crippen LogP contribution in [0, 0.1) is 5.92 Å². The quantitative estimate of drug-likeness (QED) is 0.859. The Morgan fingerprint density at radius 3 is 2.48 bits per heavy atom. The molecule has 1 aromatic rings. The number of carbonyl (C=O) groups excluding carboxylic acids is 1. The number of rotatable bonds is 5. The highest BCUT2D eigenvalue weighted by atomic mass is 16.2. The normalized spacial score (nSPS) is 32.7. The van der Waals surface area contributed by atoms with Crippen LogP contribution in [0.4, 0.5) is 4.79 Å². The standard InChI is InChI=1S/C21H31N3O/c1-2-23-21(18-9-4-3-5-10-18)13-11-20(12-14-21)16-22-19(25)24(20)15-17-7-6-8-17/h3-5,9-10,17,23H,2,6-8,11-16H2,1H3,(H,22,25). The first-order valence-corrected chi connectivity index (χ1v) is 10.0. The Balaban J connectivity index is 1.53. The fourth-order valence-electron chi connectivity index (χ4n) is 5.11. The molecule has 2 aliphatic carbocycles. The van der Waals surface area contributed by atoms with Crippen LogP contribution in [-0.4, -0.2) is 36.1 Å². The van der Waals surface area contributed by atoms with E-state index in [0.717, 1.165) is 51.2 Å². The summed E-state index contributed by atoms with van der Waals surface area (Å²) in [6, 6.07) is 11.1. The van der Waals surface area contributed by atoms with E-state index < -0.39 is 0 Å². The number of benzene rings is 1. The van der Waals surface area contributed by atoms with Gasteiger partial charge in [0.2, 0.25) is 0 Å². The fourth-order valence-corrected chi connectivity index (χ4v) is 5.11. The molecule has 1 aromatic carbocycles. The highest BCUT2D eigenvalue weighted by Crippen LogP contribution is 2.46. The van der Waals surface area contributed by atoms with Gasteiger partial charge in [0.15, 0.2) is 0 Å². The van der Waals surface area contributed by atoms with E-state index in [4.69, 9.17) is 0 Å². The Bertz CT molecular complexity index is 603. The van der Waals surface area contributed by atoms with Gasteiger partial charge < -0.3 is 15.5 Å². The lowest BCUT2D eigenvalue weighted by atomic mass is 9.68. The third-order valence-corrected chi connectivity index (χ3v) is 6.93. The van der Waals surface area contributed by atoms with Gasteiger partial charge in [-0.15, -0.1) is 0 Å². The molecule has 0 atom stereocenters. The smallest absolute Gasteiger partial charge is 0.318 e. The maximum atomic E-state index is 12.5. The van der Waals surface area contributed by atoms with Crippen LogP contribution in [-0.2, 0) is 5.54 Å². The summed E-state index contributed by atoms with van der Waals surface area (Å²) >= 11 is 0. The van der Waals surface area contributed by atoms with Gasteiger partial charge in [0.25, 0.3) is 0 Å². The van der Waals surface area contributed by atoms with Crippen LogP contribution < -0.4 is 10.6 Å². The van der Waals surface area contributed by atoms with Crippen molar-refractivity contribution >= 4 is 6.03 Å². The average Bonchev–Trinajstić information content (AvgIpc) is 2.91. The Labute approximate surface area is 151 Å². The van der Waals surface area contributed by atoms with Crippen LogP contribution in [0.3, 0.4) is 0 Å². The van der Waals surface area contributed by atoms with Crippen molar-refractivity contribution in [3.8, 4) is 0 Å². The molecule has 4 nitrogen and oxygen atoms in total. The second kappa shape index (κ2) is 6.64. The van der Waals surface area contributed by atoms with Gasteiger partial charge in [-0.2, -0.15) is 0 Å². The number of carbonyl (C=O) groups is 1. The van der Waals surface area contributed by atoms with Crippen LogP contribution in [0.2, 0.25) is 0 Å². The molecule has 4 rings (SSSR count). The summed E-state index contributed by atoms with van der Waals surface area (Å²) in [6.07, 6.45) is 8.30. The number of urea groups is 1. The van der Waals surface area contributed by atoms with E-state index in [-0.39, 0.29) is 17.1 Å². The molecule has 1 aliphatic heterocycles. The van der Waals surface area contributed by atoms with Crippen molar-refractivity contribution in [3.63, 3.8) is 0 Å². The second-order valence-corrected chi connectivity index (χ2v) is 8.27. The summed E-state index contributed by atoms with van der Waals surface area (Å²) < 4.78 is 0. The van der Waals surface area contributed by atoms with E-state index in [0.29, 0.717) is 0 Å². The molecule has 3 aliphatic rings. The molecular weight excluding hydrogens is 310 g/mol. The first-order valence-electron chi connectivity index (χ1n) is 10.0. The van der Waals surface area contributed by atoms with Gasteiger partial charge in [0, 0.05) is 18.6 Å². The van der Waals surface area contributed by atoms with Crippen molar-refractivity contribution in [3.05, 3.63) is 35.9 Å². The van der Waals surface area contributed by atoms with Gasteiger partial charge in [-0.05, 0) is 56.6 Å². The van der Waals surface area contributed by atoms with Crippen molar-refractivity contribution < 1.29 is 4.79 Å². The molecule has 2 amide bonds. The van der Waals surface area contributed by atoms with Crippen molar-refractivity contribution in [1.82, 2.24) is 15.5 Å². The summed E-state index contributed by atoms with van der Waals surface area (Å²) in [4.78, 5) is 14.7. The SMILES string of the molecule is CCNC1(c2ccccc2)CCC2(CC1)CNC(=O)N2CC1CCC1. The number of nitrogens with zero attached hydrogens (tertiary/aromatic N) is 1. The molecule has 1 spiro atoms. The summed E-state index contributed by atoms with van der Waals surface area (Å²) in [5.74, 6) is 0.732. The van der Waals surface area contributed by atoms with Crippen LogP contribution in [0.25, 0.3) is 0 Å². The van der Waals surface area contributed by atoms with Crippen LogP contribution in [0.5, 0.6) is 0 Å². The first-order chi connectivity index (χ1) is 12.2. The molecule has 2 N–H and O–H groups in total. The van der Waals surface area contributed by atoms with Crippen LogP contribution >= 0.6 is 0 Å². The van der Waals surface area contributed by atoms with E-state index in [1.54, 1.807) is 0 Å². The minimum absolute atomic E-state index is 0.0420. The Kier molecular flexibility index (Phi) is 4.48. The van der Waals surface area contributed by atoms with Gasteiger partial charge in [-0.3, -0.25) is 0 Å². The lowest BCUT2D eigenvalue weighted by Crippen LogP contribution is -2.56. The van der Waals surface area contributed by atoms with Crippen molar-refractivity contribution in [1.29, 1.82) is 0 Å². The first kappa shape index (κ1) is 16.9. The zero-order valence-electron chi connectivity index (χ0n) is 15.4. The minimum atomic E-state index is 0.0420. The van der Waals surface area contributed by atoms with Gasteiger partial charge in [-0.1, -0.05) is 43.7 Å². The van der Waals surface area contributed by atoms with Crippen LogP contribution in [0.15, 0.2) is 30.3 Å². The van der Waals surface area contributed by atoms with E-state index >= 15 is 0 Å². The molecule has 0 radical (unpaired) electrons. The van der Waals surface area contributed by atoms with Crippen molar-refractivity contribution in [2.24, 2.45) is 5.92 Å². The molecular formula is C21H31N3O. The average molecular weight is 341 g/mol. The monoisotopic (exact) mass is 341 g/mol. The molecule has 25 heavy (non-hydrogen) atoms. The molecule has 4 heteroatoms. The highest BCUT2D eigenvalue weighted by molar-refractivity contribution is 5.78. The molecule has 2 saturated carbocycles. The summed E-state index contributed by atoms with van der Waals surface area (Å²) in [5.41, 5.74) is 1.50.